The Hall–Kier alpha value is -4.24. The van der Waals surface area contributed by atoms with Gasteiger partial charge in [-0.25, -0.2) is 4.98 Å². The fourth-order valence-corrected chi connectivity index (χ4v) is 6.42. The number of carbonyl (C=O) groups excluding carboxylic acids is 1. The van der Waals surface area contributed by atoms with Gasteiger partial charge in [0.2, 0.25) is 11.9 Å². The molecule has 4 aromatic rings. The second-order valence-electron chi connectivity index (χ2n) is 11.9. The number of rotatable bonds is 7. The summed E-state index contributed by atoms with van der Waals surface area (Å²) in [6, 6.07) is 18.2. The van der Waals surface area contributed by atoms with Crippen LogP contribution >= 0.6 is 0 Å². The van der Waals surface area contributed by atoms with E-state index in [1.165, 1.54) is 11.3 Å². The minimum absolute atomic E-state index is 0.0127. The van der Waals surface area contributed by atoms with Gasteiger partial charge in [-0.1, -0.05) is 37.3 Å². The maximum absolute atomic E-state index is 14.1. The average Bonchev–Trinajstić information content (AvgIpc) is 3.02. The Labute approximate surface area is 253 Å². The topological polar surface area (TPSA) is 95.4 Å². The summed E-state index contributed by atoms with van der Waals surface area (Å²) in [6.07, 6.45) is 5.53. The Bertz CT molecular complexity index is 1650. The van der Waals surface area contributed by atoms with Crippen molar-refractivity contribution >= 4 is 34.3 Å². The fourth-order valence-electron chi connectivity index (χ4n) is 6.42. The first-order valence-electron chi connectivity index (χ1n) is 15.5. The van der Waals surface area contributed by atoms with Gasteiger partial charge in [-0.05, 0) is 75.0 Å². The molecule has 0 atom stereocenters. The van der Waals surface area contributed by atoms with Crippen molar-refractivity contribution < 1.29 is 4.79 Å². The van der Waals surface area contributed by atoms with E-state index in [0.29, 0.717) is 23.6 Å². The number of pyridine rings is 1. The number of fused-ring (bicyclic) bond motifs is 1. The normalized spacial score (nSPS) is 19.4. The number of nitrogens with zero attached hydrogens (tertiary/aromatic N) is 5. The van der Waals surface area contributed by atoms with Crippen LogP contribution in [-0.4, -0.2) is 64.6 Å². The molecule has 9 nitrogen and oxygen atoms in total. The summed E-state index contributed by atoms with van der Waals surface area (Å²) in [5.74, 6) is 0.538. The Morgan fingerprint density at radius 3 is 2.42 bits per heavy atom. The van der Waals surface area contributed by atoms with Gasteiger partial charge in [-0.3, -0.25) is 14.2 Å². The first-order chi connectivity index (χ1) is 20.9. The Morgan fingerprint density at radius 1 is 0.977 bits per heavy atom. The maximum atomic E-state index is 14.1. The minimum Gasteiger partial charge on any atom is -0.369 e. The molecule has 0 spiro atoms. The SMILES string of the molecule is CCC(=O)NC1CCC(n2c(=O)c(-c3ccccc3)cc3cnc(Nc4ccc(N5CCN(C)CC5)c(C)c4)nc32)CC1. The van der Waals surface area contributed by atoms with Gasteiger partial charge in [-0.2, -0.15) is 4.98 Å². The zero-order valence-electron chi connectivity index (χ0n) is 25.3. The van der Waals surface area contributed by atoms with Crippen molar-refractivity contribution in [2.24, 2.45) is 0 Å². The van der Waals surface area contributed by atoms with Crippen LogP contribution in [0.3, 0.4) is 0 Å². The highest BCUT2D eigenvalue weighted by atomic mass is 16.1. The molecule has 6 rings (SSSR count). The third kappa shape index (κ3) is 6.27. The third-order valence-corrected chi connectivity index (χ3v) is 8.90. The van der Waals surface area contributed by atoms with Crippen LogP contribution in [0.15, 0.2) is 65.6 Å². The van der Waals surface area contributed by atoms with Crippen LogP contribution in [-0.2, 0) is 4.79 Å². The quantitative estimate of drug-likeness (QED) is 0.308. The highest BCUT2D eigenvalue weighted by molar-refractivity contribution is 5.82. The van der Waals surface area contributed by atoms with E-state index in [-0.39, 0.29) is 23.6 Å². The second kappa shape index (κ2) is 12.6. The lowest BCUT2D eigenvalue weighted by Gasteiger charge is -2.35. The largest absolute Gasteiger partial charge is 0.369 e. The van der Waals surface area contributed by atoms with Crippen LogP contribution in [0.2, 0.25) is 0 Å². The number of hydrogen-bond donors (Lipinski definition) is 2. The van der Waals surface area contributed by atoms with E-state index in [1.807, 2.05) is 54.1 Å². The molecular formula is C34H41N7O2. The van der Waals surface area contributed by atoms with E-state index < -0.39 is 0 Å². The number of amides is 1. The lowest BCUT2D eigenvalue weighted by Crippen LogP contribution is -2.44. The summed E-state index contributed by atoms with van der Waals surface area (Å²) in [4.78, 5) is 40.5. The van der Waals surface area contributed by atoms with Crippen molar-refractivity contribution in [1.82, 2.24) is 24.8 Å². The van der Waals surface area contributed by atoms with Gasteiger partial charge in [0, 0.05) is 73.2 Å². The predicted octanol–water partition coefficient (Wildman–Crippen LogP) is 5.27. The molecule has 0 bridgehead atoms. The van der Waals surface area contributed by atoms with Gasteiger partial charge < -0.3 is 20.4 Å². The molecule has 43 heavy (non-hydrogen) atoms. The first kappa shape index (κ1) is 28.9. The first-order valence-corrected chi connectivity index (χ1v) is 15.5. The molecule has 1 saturated heterocycles. The molecule has 1 amide bonds. The second-order valence-corrected chi connectivity index (χ2v) is 11.9. The molecule has 1 saturated carbocycles. The molecule has 2 fully saturated rings. The van der Waals surface area contributed by atoms with Crippen molar-refractivity contribution in [2.75, 3.05) is 43.4 Å². The number of likely N-dealkylation sites (N-methyl/N-ethyl adjacent to an activating group) is 1. The van der Waals surface area contributed by atoms with Crippen molar-refractivity contribution in [1.29, 1.82) is 0 Å². The monoisotopic (exact) mass is 579 g/mol. The highest BCUT2D eigenvalue weighted by Gasteiger charge is 2.27. The molecule has 2 aromatic heterocycles. The molecule has 2 N–H and O–H groups in total. The standard InChI is InChI=1S/C34H41N7O2/c1-4-31(42)36-26-10-13-28(14-11-26)41-32-25(21-29(33(41)43)24-8-6-5-7-9-24)22-35-34(38-32)37-27-12-15-30(23(2)20-27)40-18-16-39(3)17-19-40/h5-9,12,15,20-22,26,28H,4,10-11,13-14,16-19H2,1-3H3,(H,36,42)(H,35,37,38). The molecule has 1 aliphatic heterocycles. The Balaban J connectivity index is 1.32. The smallest absolute Gasteiger partial charge is 0.260 e. The zero-order valence-corrected chi connectivity index (χ0v) is 25.3. The van der Waals surface area contributed by atoms with Crippen LogP contribution in [0.25, 0.3) is 22.2 Å². The number of piperazine rings is 1. The molecule has 2 aliphatic rings. The van der Waals surface area contributed by atoms with E-state index in [0.717, 1.165) is 68.5 Å². The number of benzene rings is 2. The van der Waals surface area contributed by atoms with E-state index in [4.69, 9.17) is 4.98 Å². The van der Waals surface area contributed by atoms with Crippen molar-refractivity contribution in [3.8, 4) is 11.1 Å². The molecule has 0 radical (unpaired) electrons. The third-order valence-electron chi connectivity index (χ3n) is 8.90. The predicted molar refractivity (Wildman–Crippen MR) is 173 cm³/mol. The van der Waals surface area contributed by atoms with E-state index in [1.54, 1.807) is 0 Å². The van der Waals surface area contributed by atoms with Gasteiger partial charge in [0.05, 0.1) is 0 Å². The number of aromatic nitrogens is 3. The summed E-state index contributed by atoms with van der Waals surface area (Å²) in [7, 11) is 2.17. The van der Waals surface area contributed by atoms with E-state index in [9.17, 15) is 9.59 Å². The van der Waals surface area contributed by atoms with Gasteiger partial charge in [0.1, 0.15) is 5.65 Å². The number of anilines is 3. The summed E-state index contributed by atoms with van der Waals surface area (Å²) in [6.45, 7) is 8.18. The van der Waals surface area contributed by atoms with Crippen LogP contribution in [0.4, 0.5) is 17.3 Å². The molecule has 9 heteroatoms. The minimum atomic E-state index is -0.0447. The molecule has 3 heterocycles. The lowest BCUT2D eigenvalue weighted by atomic mass is 9.90. The van der Waals surface area contributed by atoms with Crippen LogP contribution in [0.5, 0.6) is 0 Å². The van der Waals surface area contributed by atoms with E-state index in [2.05, 4.69) is 57.6 Å². The zero-order chi connectivity index (χ0) is 29.9. The highest BCUT2D eigenvalue weighted by Crippen LogP contribution is 2.32. The summed E-state index contributed by atoms with van der Waals surface area (Å²) in [5, 5.41) is 7.35. The number of nitrogens with one attached hydrogen (secondary N) is 2. The molecule has 2 aromatic carbocycles. The maximum Gasteiger partial charge on any atom is 0.260 e. The number of carbonyl (C=O) groups is 1. The van der Waals surface area contributed by atoms with Crippen molar-refractivity contribution in [3.63, 3.8) is 0 Å². The number of hydrogen-bond acceptors (Lipinski definition) is 7. The molecule has 1 aliphatic carbocycles. The van der Waals surface area contributed by atoms with Crippen LogP contribution in [0, 0.1) is 6.92 Å². The van der Waals surface area contributed by atoms with E-state index >= 15 is 0 Å². The molecule has 224 valence electrons. The van der Waals surface area contributed by atoms with Gasteiger partial charge in [0.15, 0.2) is 0 Å². The fraction of sp³-hybridized carbons (Fsp3) is 0.412. The van der Waals surface area contributed by atoms with Gasteiger partial charge in [0.25, 0.3) is 5.56 Å². The Morgan fingerprint density at radius 2 is 1.72 bits per heavy atom. The Kier molecular flexibility index (Phi) is 8.42. The molecular weight excluding hydrogens is 538 g/mol. The summed E-state index contributed by atoms with van der Waals surface area (Å²) >= 11 is 0. The van der Waals surface area contributed by atoms with Crippen LogP contribution < -0.4 is 21.1 Å². The summed E-state index contributed by atoms with van der Waals surface area (Å²) in [5.41, 5.74) is 5.49. The average molecular weight is 580 g/mol. The van der Waals surface area contributed by atoms with Crippen molar-refractivity contribution in [2.45, 2.75) is 58.0 Å². The van der Waals surface area contributed by atoms with Gasteiger partial charge in [-0.15, -0.1) is 0 Å². The summed E-state index contributed by atoms with van der Waals surface area (Å²) < 4.78 is 1.88. The number of aryl methyl sites for hydroxylation is 1. The van der Waals surface area contributed by atoms with Gasteiger partial charge >= 0.3 is 0 Å². The molecule has 0 unspecified atom stereocenters. The van der Waals surface area contributed by atoms with Crippen molar-refractivity contribution in [3.05, 3.63) is 76.7 Å². The van der Waals surface area contributed by atoms with Crippen LogP contribution in [0.1, 0.15) is 50.6 Å². The lowest BCUT2D eigenvalue weighted by molar-refractivity contribution is -0.121.